The lowest BCUT2D eigenvalue weighted by Gasteiger charge is -2.19. The molecule has 0 bridgehead atoms. The van der Waals surface area contributed by atoms with E-state index in [1.165, 1.54) is 12.7 Å². The van der Waals surface area contributed by atoms with Crippen molar-refractivity contribution in [2.45, 2.75) is 33.2 Å². The first-order valence-electron chi connectivity index (χ1n) is 5.94. The number of benzene rings is 1. The minimum atomic E-state index is -0.275. The van der Waals surface area contributed by atoms with Gasteiger partial charge in [-0.3, -0.25) is 0 Å². The van der Waals surface area contributed by atoms with Gasteiger partial charge in [-0.05, 0) is 31.4 Å². The Bertz CT molecular complexity index is 357. The second kappa shape index (κ2) is 6.28. The molecule has 17 heavy (non-hydrogen) atoms. The summed E-state index contributed by atoms with van der Waals surface area (Å²) in [5.74, 6) is 0.233. The first-order chi connectivity index (χ1) is 8.02. The van der Waals surface area contributed by atoms with Crippen LogP contribution in [0.25, 0.3) is 0 Å². The van der Waals surface area contributed by atoms with E-state index in [0.717, 1.165) is 12.1 Å². The molecule has 0 saturated heterocycles. The number of carbonyl (C=O) groups excluding carboxylic acids is 1. The molecule has 0 aliphatic rings. The summed E-state index contributed by atoms with van der Waals surface area (Å²) < 4.78 is 4.81. The number of rotatable bonds is 5. The first kappa shape index (κ1) is 13.6. The molecule has 3 nitrogen and oxygen atoms in total. The second-order valence-electron chi connectivity index (χ2n) is 4.72. The predicted octanol–water partition coefficient (Wildman–Crippen LogP) is 2.99. The van der Waals surface area contributed by atoms with Crippen molar-refractivity contribution in [3.05, 3.63) is 29.8 Å². The molecule has 0 aliphatic heterocycles. The Hall–Kier alpha value is -1.51. The smallest absolute Gasteiger partial charge is 0.328 e. The number of carbonyl (C=O) groups is 1. The van der Waals surface area contributed by atoms with Gasteiger partial charge in [0.2, 0.25) is 0 Å². The molecule has 1 atom stereocenters. The number of hydrogen-bond acceptors (Lipinski definition) is 3. The van der Waals surface area contributed by atoms with Gasteiger partial charge in [-0.15, -0.1) is 0 Å². The molecule has 1 aromatic carbocycles. The van der Waals surface area contributed by atoms with Gasteiger partial charge >= 0.3 is 5.97 Å². The third kappa shape index (κ3) is 4.47. The van der Waals surface area contributed by atoms with Gasteiger partial charge in [0.05, 0.1) is 7.11 Å². The Labute approximate surface area is 103 Å². The average molecular weight is 235 g/mol. The molecule has 94 valence electrons. The molecule has 0 aliphatic carbocycles. The second-order valence-corrected chi connectivity index (χ2v) is 4.72. The summed E-state index contributed by atoms with van der Waals surface area (Å²) in [6.07, 6.45) is 0.764. The number of ether oxygens (including phenoxy) is 1. The molecule has 0 heterocycles. The molecule has 0 saturated carbocycles. The van der Waals surface area contributed by atoms with Crippen LogP contribution >= 0.6 is 0 Å². The zero-order valence-electron chi connectivity index (χ0n) is 11.0. The lowest BCUT2D eigenvalue weighted by molar-refractivity contribution is -0.141. The van der Waals surface area contributed by atoms with E-state index in [9.17, 15) is 4.79 Å². The topological polar surface area (TPSA) is 38.3 Å². The fraction of sp³-hybridized carbons (Fsp3) is 0.500. The van der Waals surface area contributed by atoms with Crippen molar-refractivity contribution in [2.24, 2.45) is 5.92 Å². The zero-order chi connectivity index (χ0) is 12.8. The van der Waals surface area contributed by atoms with Crippen LogP contribution in [0.2, 0.25) is 0 Å². The van der Waals surface area contributed by atoms with Crippen molar-refractivity contribution < 1.29 is 9.53 Å². The number of nitrogens with one attached hydrogen (secondary N) is 1. The number of esters is 1. The number of methoxy groups -OCH3 is 1. The zero-order valence-corrected chi connectivity index (χ0v) is 11.0. The molecule has 0 amide bonds. The maximum absolute atomic E-state index is 11.6. The van der Waals surface area contributed by atoms with Crippen LogP contribution in [0.4, 0.5) is 5.69 Å². The minimum absolute atomic E-state index is 0.209. The first-order valence-corrected chi connectivity index (χ1v) is 5.94. The molecule has 1 aromatic rings. The van der Waals surface area contributed by atoms with Crippen LogP contribution in [0.5, 0.6) is 0 Å². The SMILES string of the molecule is COC(=O)[C@H](CC(C)C)Nc1ccc(C)cc1. The van der Waals surface area contributed by atoms with E-state index >= 15 is 0 Å². The Balaban J connectivity index is 2.71. The molecular formula is C14H21NO2. The Morgan fingerprint density at radius 2 is 1.88 bits per heavy atom. The molecular weight excluding hydrogens is 214 g/mol. The quantitative estimate of drug-likeness (QED) is 0.797. The molecule has 1 N–H and O–H groups in total. The summed E-state index contributed by atoms with van der Waals surface area (Å²) in [5, 5.41) is 3.21. The van der Waals surface area contributed by atoms with E-state index < -0.39 is 0 Å². The maximum atomic E-state index is 11.6. The van der Waals surface area contributed by atoms with Crippen LogP contribution in [0.15, 0.2) is 24.3 Å². The number of aryl methyl sites for hydroxylation is 1. The van der Waals surface area contributed by atoms with Gasteiger partial charge < -0.3 is 10.1 Å². The third-order valence-corrected chi connectivity index (χ3v) is 2.59. The van der Waals surface area contributed by atoms with E-state index in [1.54, 1.807) is 0 Å². The van der Waals surface area contributed by atoms with Crippen molar-refractivity contribution in [3.63, 3.8) is 0 Å². The fourth-order valence-corrected chi connectivity index (χ4v) is 1.68. The lowest BCUT2D eigenvalue weighted by atomic mass is 10.0. The maximum Gasteiger partial charge on any atom is 0.328 e. The summed E-state index contributed by atoms with van der Waals surface area (Å²) in [5.41, 5.74) is 2.15. The van der Waals surface area contributed by atoms with Crippen molar-refractivity contribution in [3.8, 4) is 0 Å². The largest absolute Gasteiger partial charge is 0.467 e. The van der Waals surface area contributed by atoms with Gasteiger partial charge in [0.1, 0.15) is 6.04 Å². The van der Waals surface area contributed by atoms with Crippen LogP contribution in [0.3, 0.4) is 0 Å². The van der Waals surface area contributed by atoms with E-state index in [4.69, 9.17) is 4.74 Å². The highest BCUT2D eigenvalue weighted by atomic mass is 16.5. The van der Waals surface area contributed by atoms with Crippen LogP contribution in [-0.2, 0) is 9.53 Å². The highest BCUT2D eigenvalue weighted by Crippen LogP contribution is 2.15. The average Bonchev–Trinajstić information content (AvgIpc) is 2.29. The molecule has 0 radical (unpaired) electrons. The predicted molar refractivity (Wildman–Crippen MR) is 70.1 cm³/mol. The van der Waals surface area contributed by atoms with Gasteiger partial charge in [0.15, 0.2) is 0 Å². The van der Waals surface area contributed by atoms with Crippen molar-refractivity contribution in [1.82, 2.24) is 0 Å². The third-order valence-electron chi connectivity index (χ3n) is 2.59. The molecule has 1 rings (SSSR count). The van der Waals surface area contributed by atoms with Gasteiger partial charge in [0, 0.05) is 5.69 Å². The summed E-state index contributed by atoms with van der Waals surface area (Å²) in [6.45, 7) is 6.22. The highest BCUT2D eigenvalue weighted by Gasteiger charge is 2.19. The van der Waals surface area contributed by atoms with Crippen LogP contribution in [0, 0.1) is 12.8 Å². The summed E-state index contributed by atoms with van der Waals surface area (Å²) >= 11 is 0. The highest BCUT2D eigenvalue weighted by molar-refractivity contribution is 5.79. The lowest BCUT2D eigenvalue weighted by Crippen LogP contribution is -2.32. The van der Waals surface area contributed by atoms with Gasteiger partial charge in [0.25, 0.3) is 0 Å². The minimum Gasteiger partial charge on any atom is -0.467 e. The van der Waals surface area contributed by atoms with Crippen LogP contribution < -0.4 is 5.32 Å². The molecule has 3 heteroatoms. The van der Waals surface area contributed by atoms with E-state index in [1.807, 2.05) is 31.2 Å². The van der Waals surface area contributed by atoms with Gasteiger partial charge in [-0.1, -0.05) is 31.5 Å². The van der Waals surface area contributed by atoms with E-state index in [2.05, 4.69) is 19.2 Å². The van der Waals surface area contributed by atoms with Gasteiger partial charge in [-0.2, -0.15) is 0 Å². The van der Waals surface area contributed by atoms with Crippen molar-refractivity contribution in [1.29, 1.82) is 0 Å². The summed E-state index contributed by atoms with van der Waals surface area (Å²) in [4.78, 5) is 11.6. The van der Waals surface area contributed by atoms with Crippen LogP contribution in [-0.4, -0.2) is 19.1 Å². The summed E-state index contributed by atoms with van der Waals surface area (Å²) in [6, 6.07) is 7.72. The van der Waals surface area contributed by atoms with Gasteiger partial charge in [-0.25, -0.2) is 4.79 Å². The molecule has 0 fully saturated rings. The monoisotopic (exact) mass is 235 g/mol. The fourth-order valence-electron chi connectivity index (χ4n) is 1.68. The molecule has 0 aromatic heterocycles. The molecule has 0 spiro atoms. The van der Waals surface area contributed by atoms with Crippen molar-refractivity contribution >= 4 is 11.7 Å². The number of hydrogen-bond donors (Lipinski definition) is 1. The van der Waals surface area contributed by atoms with Crippen molar-refractivity contribution in [2.75, 3.05) is 12.4 Å². The van der Waals surface area contributed by atoms with E-state index in [-0.39, 0.29) is 12.0 Å². The Morgan fingerprint density at radius 3 is 2.35 bits per heavy atom. The van der Waals surface area contributed by atoms with E-state index in [0.29, 0.717) is 5.92 Å². The normalized spacial score (nSPS) is 12.3. The summed E-state index contributed by atoms with van der Waals surface area (Å²) in [7, 11) is 1.42. The standard InChI is InChI=1S/C14H21NO2/c1-10(2)9-13(14(16)17-4)15-12-7-5-11(3)6-8-12/h5-8,10,13,15H,9H2,1-4H3/t13-/m0/s1. The Morgan fingerprint density at radius 1 is 1.29 bits per heavy atom. The van der Waals surface area contributed by atoms with Crippen LogP contribution in [0.1, 0.15) is 25.8 Å². The number of anilines is 1. The molecule has 0 unspecified atom stereocenters. The Kier molecular flexibility index (Phi) is 5.01.